The third-order valence-electron chi connectivity index (χ3n) is 3.40. The van der Waals surface area contributed by atoms with Gasteiger partial charge < -0.3 is 10.2 Å². The molecule has 0 radical (unpaired) electrons. The Bertz CT molecular complexity index is 561. The summed E-state index contributed by atoms with van der Waals surface area (Å²) in [5.74, 6) is -1.44. The van der Waals surface area contributed by atoms with Crippen molar-refractivity contribution in [1.82, 2.24) is 0 Å². The Hall–Kier alpha value is -2.13. The molecule has 0 fully saturated rings. The van der Waals surface area contributed by atoms with Crippen molar-refractivity contribution >= 4 is 5.97 Å². The quantitative estimate of drug-likeness (QED) is 0.874. The van der Waals surface area contributed by atoms with Crippen molar-refractivity contribution in [3.63, 3.8) is 0 Å². The molecule has 0 bridgehead atoms. The molecule has 2 atom stereocenters. The fourth-order valence-corrected chi connectivity index (χ4v) is 2.10. The van der Waals surface area contributed by atoms with E-state index in [4.69, 9.17) is 5.11 Å². The van der Waals surface area contributed by atoms with Crippen LogP contribution in [0.5, 0.6) is 0 Å². The molecule has 2 N–H and O–H groups in total. The molecule has 2 rings (SSSR count). The predicted molar refractivity (Wildman–Crippen MR) is 78.3 cm³/mol. The number of hydrogen-bond donors (Lipinski definition) is 2. The first kappa shape index (κ1) is 14.3. The second kappa shape index (κ2) is 6.35. The van der Waals surface area contributed by atoms with Crippen LogP contribution < -0.4 is 0 Å². The summed E-state index contributed by atoms with van der Waals surface area (Å²) >= 11 is 0. The molecule has 0 amide bonds. The van der Waals surface area contributed by atoms with Crippen molar-refractivity contribution in [2.45, 2.75) is 19.4 Å². The Kier molecular flexibility index (Phi) is 4.53. The molecule has 0 aromatic heterocycles. The zero-order valence-electron chi connectivity index (χ0n) is 11.4. The monoisotopic (exact) mass is 270 g/mol. The molecule has 0 heterocycles. The zero-order chi connectivity index (χ0) is 14.5. The third-order valence-corrected chi connectivity index (χ3v) is 3.40. The summed E-state index contributed by atoms with van der Waals surface area (Å²) in [6.45, 7) is 1.60. The molecule has 0 saturated heterocycles. The van der Waals surface area contributed by atoms with E-state index >= 15 is 0 Å². The van der Waals surface area contributed by atoms with Gasteiger partial charge in [-0.3, -0.25) is 4.79 Å². The molecule has 2 aromatic rings. The van der Waals surface area contributed by atoms with E-state index in [0.29, 0.717) is 0 Å². The van der Waals surface area contributed by atoms with Crippen LogP contribution >= 0.6 is 0 Å². The molecule has 3 heteroatoms. The van der Waals surface area contributed by atoms with Gasteiger partial charge in [0, 0.05) is 0 Å². The third kappa shape index (κ3) is 3.45. The minimum Gasteiger partial charge on any atom is -0.481 e. The molecular formula is C17H18O3. The van der Waals surface area contributed by atoms with Crippen molar-refractivity contribution in [2.75, 3.05) is 0 Å². The highest BCUT2D eigenvalue weighted by Crippen LogP contribution is 2.25. The van der Waals surface area contributed by atoms with Crippen molar-refractivity contribution in [3.05, 3.63) is 60.2 Å². The first-order valence-electron chi connectivity index (χ1n) is 6.64. The van der Waals surface area contributed by atoms with Crippen molar-refractivity contribution in [1.29, 1.82) is 0 Å². The Balaban J connectivity index is 2.10. The lowest BCUT2D eigenvalue weighted by atomic mass is 9.96. The first-order valence-corrected chi connectivity index (χ1v) is 6.64. The Labute approximate surface area is 118 Å². The number of carbonyl (C=O) groups is 1. The largest absolute Gasteiger partial charge is 0.481 e. The van der Waals surface area contributed by atoms with Gasteiger partial charge in [-0.2, -0.15) is 0 Å². The van der Waals surface area contributed by atoms with Gasteiger partial charge in [0.05, 0.1) is 12.0 Å². The van der Waals surface area contributed by atoms with E-state index in [2.05, 4.69) is 0 Å². The number of hydrogen-bond acceptors (Lipinski definition) is 2. The molecule has 3 nitrogen and oxygen atoms in total. The predicted octanol–water partition coefficient (Wildman–Crippen LogP) is 3.50. The van der Waals surface area contributed by atoms with Crippen LogP contribution in [0.4, 0.5) is 0 Å². The number of rotatable bonds is 5. The van der Waals surface area contributed by atoms with Crippen LogP contribution in [0.15, 0.2) is 54.6 Å². The highest BCUT2D eigenvalue weighted by molar-refractivity contribution is 5.69. The van der Waals surface area contributed by atoms with Gasteiger partial charge in [0.25, 0.3) is 0 Å². The van der Waals surface area contributed by atoms with E-state index in [9.17, 15) is 9.90 Å². The fraction of sp³-hybridized carbons (Fsp3) is 0.235. The average Bonchev–Trinajstić information content (AvgIpc) is 2.48. The zero-order valence-corrected chi connectivity index (χ0v) is 11.4. The molecule has 0 saturated carbocycles. The maximum absolute atomic E-state index is 10.8. The van der Waals surface area contributed by atoms with E-state index in [1.165, 1.54) is 0 Å². The molecule has 0 aliphatic carbocycles. The van der Waals surface area contributed by atoms with Crippen LogP contribution in [0.25, 0.3) is 11.1 Å². The number of aliphatic hydroxyl groups excluding tert-OH is 1. The van der Waals surface area contributed by atoms with Crippen LogP contribution in [0, 0.1) is 5.92 Å². The summed E-state index contributed by atoms with van der Waals surface area (Å²) in [5.41, 5.74) is 2.94. The Morgan fingerprint density at radius 3 is 2.10 bits per heavy atom. The lowest BCUT2D eigenvalue weighted by Crippen LogP contribution is -2.13. The molecule has 0 aliphatic rings. The van der Waals surface area contributed by atoms with Gasteiger partial charge in [0.1, 0.15) is 0 Å². The van der Waals surface area contributed by atoms with Crippen LogP contribution in [-0.4, -0.2) is 16.2 Å². The molecule has 2 aromatic carbocycles. The van der Waals surface area contributed by atoms with Crippen LogP contribution in [0.1, 0.15) is 25.0 Å². The summed E-state index contributed by atoms with van der Waals surface area (Å²) < 4.78 is 0. The van der Waals surface area contributed by atoms with Crippen molar-refractivity contribution in [3.8, 4) is 11.1 Å². The highest BCUT2D eigenvalue weighted by Gasteiger charge is 2.17. The van der Waals surface area contributed by atoms with E-state index in [1.54, 1.807) is 6.92 Å². The van der Waals surface area contributed by atoms with Crippen LogP contribution in [-0.2, 0) is 4.79 Å². The SMILES string of the molecule is CC(CC(O)c1ccc(-c2ccccc2)cc1)C(=O)O. The highest BCUT2D eigenvalue weighted by atomic mass is 16.4. The molecule has 104 valence electrons. The standard InChI is InChI=1S/C17H18O3/c1-12(17(19)20)11-16(18)15-9-7-14(8-10-15)13-5-3-2-4-6-13/h2-10,12,16,18H,11H2,1H3,(H,19,20). The molecule has 20 heavy (non-hydrogen) atoms. The summed E-state index contributed by atoms with van der Waals surface area (Å²) in [6, 6.07) is 17.6. The smallest absolute Gasteiger partial charge is 0.306 e. The molecule has 0 aliphatic heterocycles. The van der Waals surface area contributed by atoms with Gasteiger partial charge in [0.15, 0.2) is 0 Å². The van der Waals surface area contributed by atoms with Gasteiger partial charge in [-0.15, -0.1) is 0 Å². The van der Waals surface area contributed by atoms with E-state index in [-0.39, 0.29) is 6.42 Å². The normalized spacial score (nSPS) is 13.7. The number of carboxylic acids is 1. The number of carboxylic acid groups (broad SMARTS) is 1. The molecule has 2 unspecified atom stereocenters. The first-order chi connectivity index (χ1) is 9.58. The molecule has 0 spiro atoms. The lowest BCUT2D eigenvalue weighted by Gasteiger charge is -2.14. The van der Waals surface area contributed by atoms with E-state index in [1.807, 2.05) is 54.6 Å². The van der Waals surface area contributed by atoms with Gasteiger partial charge in [0.2, 0.25) is 0 Å². The number of aliphatic carboxylic acids is 1. The summed E-state index contributed by atoms with van der Waals surface area (Å²) in [7, 11) is 0. The summed E-state index contributed by atoms with van der Waals surface area (Å²) in [6.07, 6.45) is -0.522. The van der Waals surface area contributed by atoms with Crippen molar-refractivity contribution < 1.29 is 15.0 Å². The topological polar surface area (TPSA) is 57.5 Å². The number of aliphatic hydroxyl groups is 1. The van der Waals surface area contributed by atoms with Crippen molar-refractivity contribution in [2.24, 2.45) is 5.92 Å². The fourth-order valence-electron chi connectivity index (χ4n) is 2.10. The minimum atomic E-state index is -0.884. The second-order valence-electron chi connectivity index (χ2n) is 4.98. The van der Waals surface area contributed by atoms with Gasteiger partial charge in [-0.1, -0.05) is 61.5 Å². The van der Waals surface area contributed by atoms with Crippen LogP contribution in [0.3, 0.4) is 0 Å². The van der Waals surface area contributed by atoms with Gasteiger partial charge >= 0.3 is 5.97 Å². The minimum absolute atomic E-state index is 0.222. The van der Waals surface area contributed by atoms with E-state index < -0.39 is 18.0 Å². The second-order valence-corrected chi connectivity index (χ2v) is 4.98. The van der Waals surface area contributed by atoms with E-state index in [0.717, 1.165) is 16.7 Å². The number of benzene rings is 2. The Morgan fingerprint density at radius 2 is 1.55 bits per heavy atom. The van der Waals surface area contributed by atoms with Gasteiger partial charge in [-0.25, -0.2) is 0 Å². The summed E-state index contributed by atoms with van der Waals surface area (Å²) in [4.78, 5) is 10.8. The maximum atomic E-state index is 10.8. The van der Waals surface area contributed by atoms with Gasteiger partial charge in [-0.05, 0) is 23.1 Å². The lowest BCUT2D eigenvalue weighted by molar-refractivity contribution is -0.142. The maximum Gasteiger partial charge on any atom is 0.306 e. The summed E-state index contributed by atoms with van der Waals surface area (Å²) in [5, 5.41) is 18.9. The molecular weight excluding hydrogens is 252 g/mol. The average molecular weight is 270 g/mol. The Morgan fingerprint density at radius 1 is 1.00 bits per heavy atom. The van der Waals surface area contributed by atoms with Crippen LogP contribution in [0.2, 0.25) is 0 Å².